The van der Waals surface area contributed by atoms with E-state index in [1.54, 1.807) is 12.1 Å². The normalized spacial score (nSPS) is 16.3. The predicted molar refractivity (Wildman–Crippen MR) is 65.9 cm³/mol. The van der Waals surface area contributed by atoms with E-state index in [2.05, 4.69) is 9.98 Å². The minimum Gasteiger partial charge on any atom is -0.360 e. The van der Waals surface area contributed by atoms with Crippen molar-refractivity contribution in [3.8, 4) is 0 Å². The van der Waals surface area contributed by atoms with Crippen molar-refractivity contribution in [2.75, 3.05) is 0 Å². The van der Waals surface area contributed by atoms with E-state index in [0.29, 0.717) is 11.8 Å². The van der Waals surface area contributed by atoms with Gasteiger partial charge in [0.05, 0.1) is 17.6 Å². The van der Waals surface area contributed by atoms with Gasteiger partial charge in [-0.25, -0.2) is 0 Å². The number of nitrogens with zero attached hydrogens (tertiary/aromatic N) is 1. The maximum absolute atomic E-state index is 12.8. The van der Waals surface area contributed by atoms with Gasteiger partial charge in [0.15, 0.2) is 0 Å². The lowest BCUT2D eigenvalue weighted by molar-refractivity contribution is 0.364. The van der Waals surface area contributed by atoms with Gasteiger partial charge in [-0.3, -0.25) is 4.99 Å². The van der Waals surface area contributed by atoms with Gasteiger partial charge in [0.25, 0.3) is 0 Å². The summed E-state index contributed by atoms with van der Waals surface area (Å²) >= 11 is 0. The SMILES string of the molecule is FS(F)(F)(F)(F)c1ccccc1N=Cc1ccc[nH]1. The van der Waals surface area contributed by atoms with Gasteiger partial charge in [0.1, 0.15) is 4.90 Å². The Balaban J connectivity index is 2.50. The summed E-state index contributed by atoms with van der Waals surface area (Å²) in [5, 5.41) is 0. The molecule has 0 fully saturated rings. The highest BCUT2D eigenvalue weighted by molar-refractivity contribution is 8.45. The summed E-state index contributed by atoms with van der Waals surface area (Å²) in [5.74, 6) is 0. The first-order chi connectivity index (χ1) is 8.56. The molecule has 0 bridgehead atoms. The molecule has 1 N–H and O–H groups in total. The highest BCUT2D eigenvalue weighted by atomic mass is 32.5. The number of nitrogens with one attached hydrogen (secondary N) is 1. The first-order valence-corrected chi connectivity index (χ1v) is 7.02. The number of para-hydroxylation sites is 1. The Morgan fingerprint density at radius 3 is 2.21 bits per heavy atom. The van der Waals surface area contributed by atoms with Gasteiger partial charge in [-0.2, -0.15) is 0 Å². The van der Waals surface area contributed by atoms with Crippen molar-refractivity contribution in [1.29, 1.82) is 0 Å². The van der Waals surface area contributed by atoms with Crippen LogP contribution in [0.15, 0.2) is 52.5 Å². The highest BCUT2D eigenvalue weighted by Gasteiger charge is 2.66. The van der Waals surface area contributed by atoms with E-state index in [0.717, 1.165) is 18.3 Å². The lowest BCUT2D eigenvalue weighted by Crippen LogP contribution is -2.06. The van der Waals surface area contributed by atoms with Crippen LogP contribution in [0.1, 0.15) is 5.69 Å². The van der Waals surface area contributed by atoms with Crippen molar-refractivity contribution < 1.29 is 19.4 Å². The van der Waals surface area contributed by atoms with Crippen LogP contribution in [0.4, 0.5) is 25.1 Å². The number of hydrogen-bond acceptors (Lipinski definition) is 1. The second kappa shape index (κ2) is 3.60. The zero-order chi connectivity index (χ0) is 14.2. The topological polar surface area (TPSA) is 28.1 Å². The van der Waals surface area contributed by atoms with E-state index >= 15 is 0 Å². The maximum atomic E-state index is 12.8. The molecule has 0 aliphatic rings. The standard InChI is InChI=1S/C11H9F5N2S/c12-19(13,14,15,16)11-6-2-1-5-10(11)18-8-9-4-3-7-17-9/h1-8,17H. The number of rotatable bonds is 3. The second-order valence-electron chi connectivity index (χ2n) is 3.82. The first-order valence-electron chi connectivity index (χ1n) is 5.07. The Morgan fingerprint density at radius 1 is 0.947 bits per heavy atom. The summed E-state index contributed by atoms with van der Waals surface area (Å²) in [6.07, 6.45) is 2.60. The molecule has 0 unspecified atom stereocenters. The quantitative estimate of drug-likeness (QED) is 0.578. The van der Waals surface area contributed by atoms with E-state index in [9.17, 15) is 19.4 Å². The maximum Gasteiger partial charge on any atom is 0.312 e. The van der Waals surface area contributed by atoms with Crippen LogP contribution in [-0.4, -0.2) is 11.2 Å². The summed E-state index contributed by atoms with van der Waals surface area (Å²) in [4.78, 5) is 4.17. The number of benzene rings is 1. The van der Waals surface area contributed by atoms with Gasteiger partial charge < -0.3 is 4.98 Å². The van der Waals surface area contributed by atoms with Crippen LogP contribution in [0, 0.1) is 0 Å². The number of H-pyrrole nitrogens is 1. The molecular formula is C11H9F5N2S. The zero-order valence-corrected chi connectivity index (χ0v) is 10.2. The van der Waals surface area contributed by atoms with Crippen molar-refractivity contribution in [3.63, 3.8) is 0 Å². The van der Waals surface area contributed by atoms with Gasteiger partial charge in [-0.15, -0.1) is 0 Å². The smallest absolute Gasteiger partial charge is 0.312 e. The number of hydrogen-bond donors (Lipinski definition) is 1. The summed E-state index contributed by atoms with van der Waals surface area (Å²) < 4.78 is 64.0. The van der Waals surface area contributed by atoms with Crippen LogP contribution in [0.5, 0.6) is 0 Å². The monoisotopic (exact) mass is 296 g/mol. The molecule has 0 spiro atoms. The Morgan fingerprint density at radius 2 is 1.63 bits per heavy atom. The third-order valence-corrected chi connectivity index (χ3v) is 3.42. The number of aliphatic imine (C=N–C) groups is 1. The van der Waals surface area contributed by atoms with Crippen molar-refractivity contribution >= 4 is 22.1 Å². The average molecular weight is 296 g/mol. The van der Waals surface area contributed by atoms with Crippen LogP contribution < -0.4 is 0 Å². The first kappa shape index (κ1) is 13.6. The van der Waals surface area contributed by atoms with Gasteiger partial charge in [0.2, 0.25) is 0 Å². The molecule has 1 aromatic heterocycles. The molecule has 8 heteroatoms. The second-order valence-corrected chi connectivity index (χ2v) is 6.20. The van der Waals surface area contributed by atoms with Crippen LogP contribution in [0.3, 0.4) is 0 Å². The fourth-order valence-corrected chi connectivity index (χ4v) is 2.31. The molecule has 0 atom stereocenters. The fraction of sp³-hybridized carbons (Fsp3) is 0. The molecular weight excluding hydrogens is 287 g/mol. The number of halogens is 5. The Hall–Kier alpha value is -1.83. The lowest BCUT2D eigenvalue weighted by atomic mass is 10.3. The minimum absolute atomic E-state index is 0.336. The van der Waals surface area contributed by atoms with Gasteiger partial charge in [-0.1, -0.05) is 31.6 Å². The molecule has 2 rings (SSSR count). The molecule has 0 saturated carbocycles. The number of aromatic amines is 1. The molecule has 104 valence electrons. The fourth-order valence-electron chi connectivity index (χ4n) is 1.45. The summed E-state index contributed by atoms with van der Waals surface area (Å²) in [5.41, 5.74) is -0.395. The largest absolute Gasteiger partial charge is 0.360 e. The summed E-state index contributed by atoms with van der Waals surface area (Å²) in [6.45, 7) is 0. The van der Waals surface area contributed by atoms with Crippen molar-refractivity contribution in [3.05, 3.63) is 48.3 Å². The van der Waals surface area contributed by atoms with E-state index in [1.807, 2.05) is 0 Å². The Kier molecular flexibility index (Phi) is 2.57. The third-order valence-electron chi connectivity index (χ3n) is 2.25. The van der Waals surface area contributed by atoms with Gasteiger partial charge in [0, 0.05) is 6.20 Å². The molecule has 0 saturated heterocycles. The van der Waals surface area contributed by atoms with Gasteiger partial charge in [-0.05, 0) is 24.3 Å². The zero-order valence-electron chi connectivity index (χ0n) is 9.36. The molecule has 2 aromatic rings. The molecule has 1 aromatic carbocycles. The van der Waals surface area contributed by atoms with Gasteiger partial charge >= 0.3 is 10.2 Å². The molecule has 0 aliphatic carbocycles. The van der Waals surface area contributed by atoms with E-state index in [4.69, 9.17) is 0 Å². The van der Waals surface area contributed by atoms with E-state index in [-0.39, 0.29) is 0 Å². The van der Waals surface area contributed by atoms with E-state index < -0.39 is 20.8 Å². The number of aromatic nitrogens is 1. The molecule has 0 aliphatic heterocycles. The van der Waals surface area contributed by atoms with Crippen molar-refractivity contribution in [2.24, 2.45) is 4.99 Å². The summed E-state index contributed by atoms with van der Waals surface area (Å²) in [6, 6.07) is 6.51. The Bertz CT molecular complexity index is 616. The van der Waals surface area contributed by atoms with E-state index in [1.165, 1.54) is 12.3 Å². The molecule has 19 heavy (non-hydrogen) atoms. The van der Waals surface area contributed by atoms with Crippen LogP contribution in [-0.2, 0) is 0 Å². The molecule has 0 radical (unpaired) electrons. The van der Waals surface area contributed by atoms with Crippen LogP contribution in [0.2, 0.25) is 0 Å². The van der Waals surface area contributed by atoms with Crippen LogP contribution >= 0.6 is 10.2 Å². The molecule has 2 nitrogen and oxygen atoms in total. The predicted octanol–water partition coefficient (Wildman–Crippen LogP) is 5.42. The highest BCUT2D eigenvalue weighted by Crippen LogP contribution is 3.02. The third kappa shape index (κ3) is 3.34. The summed E-state index contributed by atoms with van der Waals surface area (Å²) in [7, 11) is -9.73. The minimum atomic E-state index is -9.73. The Labute approximate surface area is 105 Å². The average Bonchev–Trinajstić information content (AvgIpc) is 2.76. The molecule has 0 amide bonds. The lowest BCUT2D eigenvalue weighted by Gasteiger charge is -2.41. The van der Waals surface area contributed by atoms with Crippen molar-refractivity contribution in [1.82, 2.24) is 4.98 Å². The molecule has 1 heterocycles. The van der Waals surface area contributed by atoms with Crippen molar-refractivity contribution in [2.45, 2.75) is 4.90 Å². The van der Waals surface area contributed by atoms with Crippen LogP contribution in [0.25, 0.3) is 0 Å².